The first-order valence-corrected chi connectivity index (χ1v) is 13.7. The SMILES string of the molecule is CCCN(CC(OC)C(C)NC)c1nc(CN2CCC(O)C2)c(C(=O)O)s1.Cc1[nH]c(C=O)c(Cl)c1Cl. The molecule has 37 heavy (non-hydrogen) atoms. The zero-order chi connectivity index (χ0) is 27.7. The zero-order valence-electron chi connectivity index (χ0n) is 21.9. The van der Waals surface area contributed by atoms with Gasteiger partial charge in [0, 0.05) is 51.6 Å². The van der Waals surface area contributed by atoms with E-state index in [-0.39, 0.29) is 23.1 Å². The number of thiazole rings is 1. The number of nitrogens with zero attached hydrogens (tertiary/aromatic N) is 3. The summed E-state index contributed by atoms with van der Waals surface area (Å²) in [6.07, 6.45) is 1.93. The van der Waals surface area contributed by atoms with Crippen LogP contribution in [0.15, 0.2) is 0 Å². The van der Waals surface area contributed by atoms with Crippen LogP contribution in [0.4, 0.5) is 5.13 Å². The molecule has 1 saturated heterocycles. The van der Waals surface area contributed by atoms with Gasteiger partial charge in [-0.1, -0.05) is 41.5 Å². The number of carboxylic acid groups (broad SMARTS) is 1. The van der Waals surface area contributed by atoms with Crippen molar-refractivity contribution >= 4 is 51.9 Å². The summed E-state index contributed by atoms with van der Waals surface area (Å²) in [6.45, 7) is 9.11. The number of aromatic amines is 1. The number of aromatic nitrogens is 2. The minimum absolute atomic E-state index is 0.0316. The van der Waals surface area contributed by atoms with Crippen LogP contribution in [0.2, 0.25) is 10.0 Å². The quantitative estimate of drug-likeness (QED) is 0.279. The molecule has 3 rings (SSSR count). The Kier molecular flexibility index (Phi) is 12.8. The molecule has 3 unspecified atom stereocenters. The molecule has 3 heterocycles. The lowest BCUT2D eigenvalue weighted by molar-refractivity contribution is 0.0699. The predicted octanol–water partition coefficient (Wildman–Crippen LogP) is 3.69. The van der Waals surface area contributed by atoms with E-state index in [9.17, 15) is 19.8 Å². The summed E-state index contributed by atoms with van der Waals surface area (Å²) in [7, 11) is 3.59. The van der Waals surface area contributed by atoms with Crippen LogP contribution in [0.1, 0.15) is 58.2 Å². The number of halogens is 2. The van der Waals surface area contributed by atoms with Crippen LogP contribution in [-0.2, 0) is 11.3 Å². The number of aromatic carboxylic acids is 1. The lowest BCUT2D eigenvalue weighted by atomic mass is 10.1. The fraction of sp³-hybridized carbons (Fsp3) is 0.625. The minimum atomic E-state index is -0.947. The second-order valence-electron chi connectivity index (χ2n) is 8.96. The third-order valence-corrected chi connectivity index (χ3v) is 8.29. The highest BCUT2D eigenvalue weighted by atomic mass is 35.5. The van der Waals surface area contributed by atoms with Gasteiger partial charge in [0.05, 0.1) is 33.6 Å². The summed E-state index contributed by atoms with van der Waals surface area (Å²) < 4.78 is 5.63. The number of anilines is 1. The highest BCUT2D eigenvalue weighted by Crippen LogP contribution is 2.29. The number of likely N-dealkylation sites (N-methyl/N-ethyl adjacent to an activating group) is 1. The number of aliphatic hydroxyl groups excluding tert-OH is 1. The van der Waals surface area contributed by atoms with Crippen molar-refractivity contribution in [2.75, 3.05) is 45.2 Å². The van der Waals surface area contributed by atoms with E-state index in [1.165, 1.54) is 11.3 Å². The Hall–Kier alpha value is -1.73. The Morgan fingerprint density at radius 2 is 2.14 bits per heavy atom. The highest BCUT2D eigenvalue weighted by Gasteiger charge is 2.27. The van der Waals surface area contributed by atoms with Gasteiger partial charge < -0.3 is 30.2 Å². The van der Waals surface area contributed by atoms with Gasteiger partial charge in [-0.15, -0.1) is 0 Å². The number of H-pyrrole nitrogens is 1. The summed E-state index contributed by atoms with van der Waals surface area (Å²) in [4.78, 5) is 33.8. The molecular formula is C24H37Cl2N5O5S. The Morgan fingerprint density at radius 1 is 1.43 bits per heavy atom. The number of hydrogen-bond acceptors (Lipinski definition) is 9. The van der Waals surface area contributed by atoms with Crippen molar-refractivity contribution in [1.29, 1.82) is 0 Å². The van der Waals surface area contributed by atoms with Gasteiger partial charge in [-0.05, 0) is 33.7 Å². The van der Waals surface area contributed by atoms with Gasteiger partial charge in [-0.25, -0.2) is 9.78 Å². The van der Waals surface area contributed by atoms with Crippen LogP contribution < -0.4 is 10.2 Å². The molecule has 2 aromatic rings. The van der Waals surface area contributed by atoms with Crippen molar-refractivity contribution in [3.63, 3.8) is 0 Å². The first-order valence-electron chi connectivity index (χ1n) is 12.1. The zero-order valence-corrected chi connectivity index (χ0v) is 24.2. The van der Waals surface area contributed by atoms with Crippen molar-refractivity contribution in [2.24, 2.45) is 0 Å². The second kappa shape index (κ2) is 15.0. The first-order chi connectivity index (χ1) is 17.6. The Balaban J connectivity index is 0.000000402. The molecular weight excluding hydrogens is 541 g/mol. The number of nitrogens with one attached hydrogen (secondary N) is 2. The molecule has 0 aromatic carbocycles. The molecule has 0 spiro atoms. The van der Waals surface area contributed by atoms with E-state index in [4.69, 9.17) is 27.9 Å². The third-order valence-electron chi connectivity index (χ3n) is 6.18. The average molecular weight is 579 g/mol. The van der Waals surface area contributed by atoms with Crippen LogP contribution in [0.25, 0.3) is 0 Å². The van der Waals surface area contributed by atoms with Crippen molar-refractivity contribution in [2.45, 2.75) is 58.4 Å². The molecule has 4 N–H and O–H groups in total. The maximum absolute atomic E-state index is 11.7. The maximum Gasteiger partial charge on any atom is 0.347 e. The number of ether oxygens (including phenoxy) is 1. The van der Waals surface area contributed by atoms with Crippen molar-refractivity contribution in [3.8, 4) is 0 Å². The molecule has 3 atom stereocenters. The minimum Gasteiger partial charge on any atom is -0.477 e. The molecule has 0 amide bonds. The first kappa shape index (κ1) is 31.5. The maximum atomic E-state index is 11.7. The fourth-order valence-corrected chi connectivity index (χ4v) is 5.30. The number of likely N-dealkylation sites (tertiary alicyclic amines) is 1. The lowest BCUT2D eigenvalue weighted by Gasteiger charge is -2.29. The largest absolute Gasteiger partial charge is 0.477 e. The van der Waals surface area contributed by atoms with Crippen LogP contribution in [-0.4, -0.2) is 95.9 Å². The van der Waals surface area contributed by atoms with Crippen LogP contribution in [0.5, 0.6) is 0 Å². The number of aliphatic hydroxyl groups is 1. The molecule has 0 saturated carbocycles. The average Bonchev–Trinajstić information content (AvgIpc) is 3.55. The van der Waals surface area contributed by atoms with Gasteiger partial charge in [-0.2, -0.15) is 0 Å². The van der Waals surface area contributed by atoms with Crippen LogP contribution in [0.3, 0.4) is 0 Å². The van der Waals surface area contributed by atoms with Crippen molar-refractivity contribution in [3.05, 3.63) is 32.0 Å². The Morgan fingerprint density at radius 3 is 2.57 bits per heavy atom. The van der Waals surface area contributed by atoms with E-state index < -0.39 is 5.97 Å². The van der Waals surface area contributed by atoms with Crippen LogP contribution >= 0.6 is 34.5 Å². The number of aldehydes is 1. The van der Waals surface area contributed by atoms with Gasteiger partial charge in [0.15, 0.2) is 11.4 Å². The van der Waals surface area contributed by atoms with Gasteiger partial charge >= 0.3 is 5.97 Å². The number of carboxylic acids is 1. The van der Waals surface area contributed by atoms with E-state index in [2.05, 4.69) is 38.9 Å². The third kappa shape index (κ3) is 8.64. The van der Waals surface area contributed by atoms with Crippen LogP contribution in [0, 0.1) is 6.92 Å². The Labute approximate surface area is 231 Å². The van der Waals surface area contributed by atoms with E-state index in [1.54, 1.807) is 14.0 Å². The summed E-state index contributed by atoms with van der Waals surface area (Å²) >= 11 is 12.5. The molecule has 1 aliphatic rings. The normalized spacial score (nSPS) is 17.2. The topological polar surface area (TPSA) is 131 Å². The smallest absolute Gasteiger partial charge is 0.347 e. The molecule has 0 radical (unpaired) electrons. The van der Waals surface area contributed by atoms with Gasteiger partial charge in [0.1, 0.15) is 4.88 Å². The molecule has 13 heteroatoms. The standard InChI is InChI=1S/C18H32N4O4S.C6H5Cl2NO/c1-5-7-22(11-15(26-4)12(2)19-3)18-20-14(16(27-18)17(24)25)10-21-8-6-13(23)9-21;1-3-5(7)6(8)4(2-10)9-3/h12-13,15,19,23H,5-11H2,1-4H3,(H,24,25);2,9H,1H3. The lowest BCUT2D eigenvalue weighted by Crippen LogP contribution is -2.45. The number of β-amino-alcohol motifs (C(OH)–C–C–N with tert-alkyl or cyclic N) is 1. The van der Waals surface area contributed by atoms with Gasteiger partial charge in [0.2, 0.25) is 0 Å². The van der Waals surface area contributed by atoms with Crippen molar-refractivity contribution in [1.82, 2.24) is 20.2 Å². The molecule has 1 aliphatic heterocycles. The highest BCUT2D eigenvalue weighted by molar-refractivity contribution is 7.17. The summed E-state index contributed by atoms with van der Waals surface area (Å²) in [5.74, 6) is -0.947. The summed E-state index contributed by atoms with van der Waals surface area (Å²) in [5, 5.41) is 24.0. The van der Waals surface area contributed by atoms with E-state index in [0.29, 0.717) is 58.2 Å². The molecule has 0 aliphatic carbocycles. The van der Waals surface area contributed by atoms with E-state index in [1.807, 2.05) is 7.05 Å². The monoisotopic (exact) mass is 577 g/mol. The second-order valence-corrected chi connectivity index (χ2v) is 10.7. The van der Waals surface area contributed by atoms with Gasteiger partial charge in [0.25, 0.3) is 0 Å². The number of methoxy groups -OCH3 is 1. The molecule has 0 bridgehead atoms. The van der Waals surface area contributed by atoms with E-state index >= 15 is 0 Å². The summed E-state index contributed by atoms with van der Waals surface area (Å²) in [5.41, 5.74) is 1.63. The summed E-state index contributed by atoms with van der Waals surface area (Å²) in [6, 6.07) is 0.166. The molecule has 2 aromatic heterocycles. The number of rotatable bonds is 12. The predicted molar refractivity (Wildman–Crippen MR) is 148 cm³/mol. The number of carbonyl (C=O) groups excluding carboxylic acids is 1. The number of carbonyl (C=O) groups is 2. The van der Waals surface area contributed by atoms with E-state index in [0.717, 1.165) is 25.9 Å². The van der Waals surface area contributed by atoms with Crippen molar-refractivity contribution < 1.29 is 24.5 Å². The molecule has 10 nitrogen and oxygen atoms in total. The number of hydrogen-bond donors (Lipinski definition) is 4. The number of aryl methyl sites for hydroxylation is 1. The molecule has 1 fully saturated rings. The van der Waals surface area contributed by atoms with Gasteiger partial charge in [-0.3, -0.25) is 9.69 Å². The Bertz CT molecular complexity index is 1030. The fourth-order valence-electron chi connectivity index (χ4n) is 3.97. The molecule has 208 valence electrons.